The van der Waals surface area contributed by atoms with Gasteiger partial charge in [0.1, 0.15) is 6.20 Å². The molecule has 0 spiro atoms. The maximum absolute atomic E-state index is 4.71. The van der Waals surface area contributed by atoms with E-state index in [4.69, 9.17) is 4.99 Å². The quantitative estimate of drug-likeness (QED) is 0.494. The summed E-state index contributed by atoms with van der Waals surface area (Å²) in [5.74, 6) is 0.639. The molecule has 1 aliphatic carbocycles. The van der Waals surface area contributed by atoms with Crippen LogP contribution in [0.1, 0.15) is 31.2 Å². The van der Waals surface area contributed by atoms with Crippen LogP contribution in [-0.2, 0) is 7.05 Å². The summed E-state index contributed by atoms with van der Waals surface area (Å²) in [5.41, 5.74) is 4.54. The second-order valence-electron chi connectivity index (χ2n) is 7.00. The van der Waals surface area contributed by atoms with E-state index < -0.39 is 0 Å². The van der Waals surface area contributed by atoms with Gasteiger partial charge < -0.3 is 0 Å². The molecule has 1 aromatic heterocycles. The molecule has 0 atom stereocenters. The summed E-state index contributed by atoms with van der Waals surface area (Å²) in [4.78, 5) is 4.71. The number of hydrogen-bond donors (Lipinski definition) is 0. The van der Waals surface area contributed by atoms with Gasteiger partial charge in [0, 0.05) is 12.3 Å². The van der Waals surface area contributed by atoms with Crippen LogP contribution in [0.5, 0.6) is 0 Å². The van der Waals surface area contributed by atoms with Crippen LogP contribution in [0.15, 0.2) is 53.7 Å². The normalized spacial score (nSPS) is 15.4. The Morgan fingerprint density at radius 2 is 1.92 bits per heavy atom. The van der Waals surface area contributed by atoms with E-state index in [1.165, 1.54) is 47.6 Å². The minimum absolute atomic E-state index is 0.639. The molecule has 2 aromatic carbocycles. The van der Waals surface area contributed by atoms with Crippen molar-refractivity contribution in [2.75, 3.05) is 0 Å². The Balaban J connectivity index is 1.74. The molecule has 25 heavy (non-hydrogen) atoms. The van der Waals surface area contributed by atoms with Crippen molar-refractivity contribution in [3.8, 4) is 11.3 Å². The van der Waals surface area contributed by atoms with Crippen molar-refractivity contribution in [1.29, 1.82) is 0 Å². The first-order valence-electron chi connectivity index (χ1n) is 9.11. The van der Waals surface area contributed by atoms with Crippen molar-refractivity contribution in [1.82, 2.24) is 5.10 Å². The van der Waals surface area contributed by atoms with Gasteiger partial charge in [-0.15, -0.1) is 0 Å². The molecule has 0 N–H and O–H groups in total. The van der Waals surface area contributed by atoms with Crippen molar-refractivity contribution in [2.45, 2.75) is 32.6 Å². The molecule has 3 heteroatoms. The van der Waals surface area contributed by atoms with Crippen LogP contribution >= 0.6 is 0 Å². The number of hydrogen-bond acceptors (Lipinski definition) is 2. The molecular weight excluding hydrogens is 306 g/mol. The third-order valence-corrected chi connectivity index (χ3v) is 5.31. The highest BCUT2D eigenvalue weighted by Crippen LogP contribution is 2.29. The van der Waals surface area contributed by atoms with Crippen LogP contribution in [0.3, 0.4) is 0 Å². The van der Waals surface area contributed by atoms with Gasteiger partial charge in [-0.1, -0.05) is 47.9 Å². The fourth-order valence-electron chi connectivity index (χ4n) is 3.80. The molecule has 126 valence electrons. The van der Waals surface area contributed by atoms with Crippen LogP contribution < -0.4 is 4.68 Å². The molecule has 1 heterocycles. The minimum Gasteiger partial charge on any atom is -0.259 e. The third kappa shape index (κ3) is 3.19. The first kappa shape index (κ1) is 15.9. The molecule has 4 rings (SSSR count). The van der Waals surface area contributed by atoms with E-state index in [-0.39, 0.29) is 0 Å². The van der Waals surface area contributed by atoms with E-state index in [1.54, 1.807) is 0 Å². The Kier molecular flexibility index (Phi) is 4.31. The van der Waals surface area contributed by atoms with E-state index in [1.807, 2.05) is 17.9 Å². The monoisotopic (exact) mass is 330 g/mol. The number of nitrogens with zero attached hydrogens (tertiary/aromatic N) is 3. The Morgan fingerprint density at radius 1 is 1.12 bits per heavy atom. The SMILES string of the molecule is Cc1c(-c2cc(N=CC3CCCC3)cn[n+]2C)ccc2ccccc12. The fourth-order valence-corrected chi connectivity index (χ4v) is 3.80. The zero-order valence-corrected chi connectivity index (χ0v) is 14.9. The molecule has 0 aliphatic heterocycles. The third-order valence-electron chi connectivity index (χ3n) is 5.31. The second-order valence-corrected chi connectivity index (χ2v) is 7.00. The Labute approximate surface area is 149 Å². The average Bonchev–Trinajstić information content (AvgIpc) is 3.16. The summed E-state index contributed by atoms with van der Waals surface area (Å²) >= 11 is 0. The lowest BCUT2D eigenvalue weighted by molar-refractivity contribution is -0.720. The van der Waals surface area contributed by atoms with Gasteiger partial charge in [-0.05, 0) is 53.2 Å². The van der Waals surface area contributed by atoms with Gasteiger partial charge in [-0.3, -0.25) is 4.99 Å². The highest BCUT2D eigenvalue weighted by atomic mass is 15.2. The zero-order valence-electron chi connectivity index (χ0n) is 14.9. The summed E-state index contributed by atoms with van der Waals surface area (Å²) in [6.45, 7) is 2.19. The molecule has 0 amide bonds. The van der Waals surface area contributed by atoms with Gasteiger partial charge in [-0.2, -0.15) is 0 Å². The first-order valence-corrected chi connectivity index (χ1v) is 9.11. The lowest BCUT2D eigenvalue weighted by atomic mass is 9.98. The average molecular weight is 330 g/mol. The smallest absolute Gasteiger partial charge is 0.241 e. The van der Waals surface area contributed by atoms with Crippen molar-refractivity contribution in [2.24, 2.45) is 18.0 Å². The predicted molar refractivity (Wildman–Crippen MR) is 103 cm³/mol. The molecule has 0 bridgehead atoms. The van der Waals surface area contributed by atoms with Crippen molar-refractivity contribution < 1.29 is 4.68 Å². The highest BCUT2D eigenvalue weighted by Gasteiger charge is 2.17. The van der Waals surface area contributed by atoms with Crippen LogP contribution in [-0.4, -0.2) is 11.3 Å². The molecule has 0 radical (unpaired) electrons. The summed E-state index contributed by atoms with van der Waals surface area (Å²) in [5, 5.41) is 7.09. The number of fused-ring (bicyclic) bond motifs is 1. The second kappa shape index (κ2) is 6.75. The molecule has 0 saturated heterocycles. The number of aromatic nitrogens is 2. The van der Waals surface area contributed by atoms with Crippen molar-refractivity contribution in [3.63, 3.8) is 0 Å². The number of aryl methyl sites for hydroxylation is 2. The Bertz CT molecular complexity index is 937. The van der Waals surface area contributed by atoms with Gasteiger partial charge in [0.25, 0.3) is 0 Å². The first-order chi connectivity index (χ1) is 12.2. The van der Waals surface area contributed by atoms with E-state index in [9.17, 15) is 0 Å². The van der Waals surface area contributed by atoms with Gasteiger partial charge >= 0.3 is 0 Å². The number of benzene rings is 2. The van der Waals surface area contributed by atoms with Crippen LogP contribution in [0.25, 0.3) is 22.0 Å². The van der Waals surface area contributed by atoms with Gasteiger partial charge in [0.05, 0.1) is 11.3 Å². The summed E-state index contributed by atoms with van der Waals surface area (Å²) in [7, 11) is 1.99. The van der Waals surface area contributed by atoms with Crippen molar-refractivity contribution >= 4 is 22.7 Å². The summed E-state index contributed by atoms with van der Waals surface area (Å²) in [6, 6.07) is 15.1. The van der Waals surface area contributed by atoms with E-state index in [0.29, 0.717) is 5.92 Å². The molecule has 1 fully saturated rings. The maximum Gasteiger partial charge on any atom is 0.241 e. The van der Waals surface area contributed by atoms with E-state index >= 15 is 0 Å². The maximum atomic E-state index is 4.71. The summed E-state index contributed by atoms with van der Waals surface area (Å²) < 4.78 is 1.94. The Morgan fingerprint density at radius 3 is 2.76 bits per heavy atom. The van der Waals surface area contributed by atoms with Crippen LogP contribution in [0, 0.1) is 12.8 Å². The topological polar surface area (TPSA) is 29.1 Å². The van der Waals surface area contributed by atoms with Crippen LogP contribution in [0.2, 0.25) is 0 Å². The molecule has 3 aromatic rings. The minimum atomic E-state index is 0.639. The fraction of sp³-hybridized carbons (Fsp3) is 0.318. The van der Waals surface area contributed by atoms with Gasteiger partial charge in [0.15, 0.2) is 7.05 Å². The van der Waals surface area contributed by atoms with Crippen LogP contribution in [0.4, 0.5) is 5.69 Å². The number of aliphatic imine (C=N–C) groups is 1. The highest BCUT2D eigenvalue weighted by molar-refractivity contribution is 5.90. The lowest BCUT2D eigenvalue weighted by Gasteiger charge is -2.08. The summed E-state index contributed by atoms with van der Waals surface area (Å²) in [6.07, 6.45) is 9.19. The molecule has 1 aliphatic rings. The van der Waals surface area contributed by atoms with E-state index in [2.05, 4.69) is 60.7 Å². The lowest BCUT2D eigenvalue weighted by Crippen LogP contribution is -2.35. The van der Waals surface area contributed by atoms with Gasteiger partial charge in [-0.25, -0.2) is 0 Å². The molecule has 3 nitrogen and oxygen atoms in total. The van der Waals surface area contributed by atoms with Gasteiger partial charge in [0.2, 0.25) is 5.69 Å². The molecule has 0 unspecified atom stereocenters. The zero-order chi connectivity index (χ0) is 17.2. The largest absolute Gasteiger partial charge is 0.259 e. The predicted octanol–water partition coefficient (Wildman–Crippen LogP) is 4.93. The standard InChI is InChI=1S/C22H24N3/c1-16-20-10-6-5-9-18(20)11-12-21(16)22-13-19(15-24-25(22)2)23-14-17-7-3-4-8-17/h5-6,9-15,17H,3-4,7-8H2,1-2H3/q+1. The van der Waals surface area contributed by atoms with E-state index in [0.717, 1.165) is 11.4 Å². The molecule has 1 saturated carbocycles. The number of rotatable bonds is 3. The molecular formula is C22H24N3+. The van der Waals surface area contributed by atoms with Crippen molar-refractivity contribution in [3.05, 3.63) is 54.2 Å². The Hall–Kier alpha value is -2.55.